The Morgan fingerprint density at radius 1 is 1.29 bits per heavy atom. The molecule has 0 aliphatic rings. The van der Waals surface area contributed by atoms with E-state index in [1.54, 1.807) is 12.1 Å². The van der Waals surface area contributed by atoms with Crippen molar-refractivity contribution in [1.82, 2.24) is 0 Å². The van der Waals surface area contributed by atoms with Crippen LogP contribution in [0.5, 0.6) is 0 Å². The van der Waals surface area contributed by atoms with Gasteiger partial charge in [0.25, 0.3) is 0 Å². The molecule has 0 atom stereocenters. The molecule has 0 aliphatic heterocycles. The predicted molar refractivity (Wildman–Crippen MR) is 82.2 cm³/mol. The van der Waals surface area contributed by atoms with Crippen LogP contribution in [0, 0.1) is 17.0 Å². The quantitative estimate of drug-likeness (QED) is 0.639. The maximum atomic E-state index is 11.2. The smallest absolute Gasteiger partial charge is 0.342 e. The first-order chi connectivity index (χ1) is 9.90. The van der Waals surface area contributed by atoms with Crippen LogP contribution in [0.4, 0.5) is 17.1 Å². The molecule has 7 heteroatoms. The number of carboxylic acid groups (broad SMARTS) is 1. The summed E-state index contributed by atoms with van der Waals surface area (Å²) >= 11 is 3.34. The molecular formula is C14H11BrN2O4. The summed E-state index contributed by atoms with van der Waals surface area (Å²) in [6.07, 6.45) is 0. The van der Waals surface area contributed by atoms with Gasteiger partial charge in [0.15, 0.2) is 0 Å². The number of nitro groups is 1. The molecule has 0 saturated carbocycles. The zero-order chi connectivity index (χ0) is 15.6. The lowest BCUT2D eigenvalue weighted by Crippen LogP contribution is -2.06. The molecule has 2 rings (SSSR count). The van der Waals surface area contributed by atoms with E-state index in [0.717, 1.165) is 10.0 Å². The maximum Gasteiger partial charge on any atom is 0.342 e. The molecule has 0 saturated heterocycles. The molecule has 0 amide bonds. The van der Waals surface area contributed by atoms with E-state index in [4.69, 9.17) is 5.11 Å². The number of hydrogen-bond donors (Lipinski definition) is 2. The third-order valence-corrected chi connectivity index (χ3v) is 3.40. The lowest BCUT2D eigenvalue weighted by molar-refractivity contribution is -0.384. The number of aryl methyl sites for hydroxylation is 1. The fourth-order valence-electron chi connectivity index (χ4n) is 1.93. The van der Waals surface area contributed by atoms with Gasteiger partial charge >= 0.3 is 11.7 Å². The van der Waals surface area contributed by atoms with Gasteiger partial charge in [-0.3, -0.25) is 10.1 Å². The number of hydrogen-bond acceptors (Lipinski definition) is 4. The second kappa shape index (κ2) is 5.92. The zero-order valence-electron chi connectivity index (χ0n) is 11.0. The highest BCUT2D eigenvalue weighted by Gasteiger charge is 2.24. The molecule has 0 fully saturated rings. The predicted octanol–water partition coefficient (Wildman–Crippen LogP) is 4.11. The van der Waals surface area contributed by atoms with Gasteiger partial charge in [-0.2, -0.15) is 0 Å². The first-order valence-corrected chi connectivity index (χ1v) is 6.73. The number of benzene rings is 2. The summed E-state index contributed by atoms with van der Waals surface area (Å²) in [6.45, 7) is 1.85. The lowest BCUT2D eigenvalue weighted by atomic mass is 10.1. The fourth-order valence-corrected chi connectivity index (χ4v) is 2.40. The van der Waals surface area contributed by atoms with Crippen molar-refractivity contribution in [2.24, 2.45) is 0 Å². The van der Waals surface area contributed by atoms with Crippen LogP contribution in [0.15, 0.2) is 40.9 Å². The second-order valence-electron chi connectivity index (χ2n) is 4.35. The summed E-state index contributed by atoms with van der Waals surface area (Å²) in [5, 5.41) is 23.1. The molecule has 2 aromatic rings. The van der Waals surface area contributed by atoms with Crippen LogP contribution in [0.25, 0.3) is 0 Å². The number of carbonyl (C=O) groups is 1. The number of halogens is 1. The third-order valence-electron chi connectivity index (χ3n) is 2.91. The van der Waals surface area contributed by atoms with Gasteiger partial charge in [0.05, 0.1) is 4.92 Å². The molecule has 0 aliphatic carbocycles. The molecule has 0 aromatic heterocycles. The van der Waals surface area contributed by atoms with Crippen LogP contribution >= 0.6 is 15.9 Å². The lowest BCUT2D eigenvalue weighted by Gasteiger charge is -2.11. The van der Waals surface area contributed by atoms with E-state index >= 15 is 0 Å². The van der Waals surface area contributed by atoms with Crippen molar-refractivity contribution in [2.45, 2.75) is 6.92 Å². The van der Waals surface area contributed by atoms with E-state index < -0.39 is 16.6 Å². The van der Waals surface area contributed by atoms with Gasteiger partial charge in [-0.25, -0.2) is 4.79 Å². The summed E-state index contributed by atoms with van der Waals surface area (Å²) in [5.74, 6) is -1.34. The summed E-state index contributed by atoms with van der Waals surface area (Å²) in [5.41, 5.74) is 0.889. The Kier molecular flexibility index (Phi) is 4.23. The van der Waals surface area contributed by atoms with Crippen molar-refractivity contribution >= 4 is 39.0 Å². The summed E-state index contributed by atoms with van der Waals surface area (Å²) < 4.78 is 0.888. The first kappa shape index (κ1) is 15.0. The van der Waals surface area contributed by atoms with Crippen LogP contribution in [0.3, 0.4) is 0 Å². The molecule has 0 heterocycles. The molecular weight excluding hydrogens is 340 g/mol. The number of nitrogens with one attached hydrogen (secondary N) is 1. The Balaban J connectivity index is 2.51. The van der Waals surface area contributed by atoms with Gasteiger partial charge in [-0.05, 0) is 42.8 Å². The minimum Gasteiger partial charge on any atom is -0.477 e. The summed E-state index contributed by atoms with van der Waals surface area (Å²) in [7, 11) is 0. The third kappa shape index (κ3) is 3.19. The monoisotopic (exact) mass is 350 g/mol. The van der Waals surface area contributed by atoms with Crippen LogP contribution in [0.2, 0.25) is 0 Å². The number of anilines is 2. The molecule has 0 radical (unpaired) electrons. The number of aromatic carboxylic acids is 1. The minimum absolute atomic E-state index is 0.144. The van der Waals surface area contributed by atoms with Crippen molar-refractivity contribution in [1.29, 1.82) is 0 Å². The van der Waals surface area contributed by atoms with Gasteiger partial charge in [-0.15, -0.1) is 0 Å². The maximum absolute atomic E-state index is 11.2. The van der Waals surface area contributed by atoms with Crippen LogP contribution in [0.1, 0.15) is 15.9 Å². The fraction of sp³-hybridized carbons (Fsp3) is 0.0714. The Bertz CT molecular complexity index is 731. The highest BCUT2D eigenvalue weighted by atomic mass is 79.9. The topological polar surface area (TPSA) is 92.5 Å². The van der Waals surface area contributed by atoms with E-state index in [1.807, 2.05) is 13.0 Å². The molecule has 0 unspecified atom stereocenters. The Labute approximate surface area is 128 Å². The molecule has 2 aromatic carbocycles. The average Bonchev–Trinajstić information content (AvgIpc) is 2.41. The number of rotatable bonds is 4. The molecule has 0 spiro atoms. The van der Waals surface area contributed by atoms with Crippen LogP contribution in [-0.2, 0) is 0 Å². The van der Waals surface area contributed by atoms with E-state index in [0.29, 0.717) is 5.69 Å². The van der Waals surface area contributed by atoms with Gasteiger partial charge in [0, 0.05) is 10.2 Å². The van der Waals surface area contributed by atoms with E-state index in [9.17, 15) is 14.9 Å². The standard InChI is InChI=1S/C14H11BrN2O4/c1-8-7-9(15)5-6-11(8)16-12-4-2-3-10(14(18)19)13(12)17(20)21/h2-7,16H,1H3,(H,18,19). The van der Waals surface area contributed by atoms with Crippen molar-refractivity contribution in [3.8, 4) is 0 Å². The normalized spacial score (nSPS) is 10.2. The largest absolute Gasteiger partial charge is 0.477 e. The Morgan fingerprint density at radius 2 is 2.00 bits per heavy atom. The first-order valence-electron chi connectivity index (χ1n) is 5.94. The van der Waals surface area contributed by atoms with Gasteiger partial charge in [0.1, 0.15) is 11.3 Å². The SMILES string of the molecule is Cc1cc(Br)ccc1Nc1cccc(C(=O)O)c1[N+](=O)[O-]. The van der Waals surface area contributed by atoms with E-state index in [2.05, 4.69) is 21.2 Å². The summed E-state index contributed by atoms with van der Waals surface area (Å²) in [6, 6.07) is 9.56. The average molecular weight is 351 g/mol. The highest BCUT2D eigenvalue weighted by Crippen LogP contribution is 2.32. The molecule has 6 nitrogen and oxygen atoms in total. The van der Waals surface area contributed by atoms with Crippen LogP contribution < -0.4 is 5.32 Å². The molecule has 108 valence electrons. The van der Waals surface area contributed by atoms with Gasteiger partial charge in [0.2, 0.25) is 0 Å². The molecule has 0 bridgehead atoms. The van der Waals surface area contributed by atoms with E-state index in [1.165, 1.54) is 18.2 Å². The minimum atomic E-state index is -1.34. The van der Waals surface area contributed by atoms with Crippen molar-refractivity contribution in [3.05, 3.63) is 62.1 Å². The van der Waals surface area contributed by atoms with E-state index in [-0.39, 0.29) is 11.3 Å². The van der Waals surface area contributed by atoms with Crippen molar-refractivity contribution < 1.29 is 14.8 Å². The highest BCUT2D eigenvalue weighted by molar-refractivity contribution is 9.10. The van der Waals surface area contributed by atoms with Crippen LogP contribution in [-0.4, -0.2) is 16.0 Å². The number of nitrogens with zero attached hydrogens (tertiary/aromatic N) is 1. The van der Waals surface area contributed by atoms with Gasteiger partial charge in [-0.1, -0.05) is 22.0 Å². The van der Waals surface area contributed by atoms with Crippen molar-refractivity contribution in [2.75, 3.05) is 5.32 Å². The van der Waals surface area contributed by atoms with Gasteiger partial charge < -0.3 is 10.4 Å². The molecule has 21 heavy (non-hydrogen) atoms. The second-order valence-corrected chi connectivity index (χ2v) is 5.26. The number of para-hydroxylation sites is 1. The Morgan fingerprint density at radius 3 is 2.57 bits per heavy atom. The van der Waals surface area contributed by atoms with Crippen molar-refractivity contribution in [3.63, 3.8) is 0 Å². The molecule has 2 N–H and O–H groups in total. The zero-order valence-corrected chi connectivity index (χ0v) is 12.5. The Hall–Kier alpha value is -2.41. The number of nitro benzene ring substituents is 1. The summed E-state index contributed by atoms with van der Waals surface area (Å²) in [4.78, 5) is 21.6. The number of carboxylic acids is 1.